The molecule has 0 radical (unpaired) electrons. The van der Waals surface area contributed by atoms with Gasteiger partial charge in [0, 0.05) is 13.1 Å². The molecule has 2 aromatic rings. The first kappa shape index (κ1) is 29.4. The zero-order valence-corrected chi connectivity index (χ0v) is 23.2. The number of benzene rings is 2. The number of hydrogen-bond acceptors (Lipinski definition) is 3. The van der Waals surface area contributed by atoms with Crippen molar-refractivity contribution in [1.82, 2.24) is 9.80 Å². The maximum absolute atomic E-state index is 6.13. The molecule has 2 rings (SSSR count). The lowest BCUT2D eigenvalue weighted by atomic mass is 10.1. The average molecular weight is 481 g/mol. The van der Waals surface area contributed by atoms with Crippen LogP contribution in [0.3, 0.4) is 0 Å². The molecule has 3 heteroatoms. The summed E-state index contributed by atoms with van der Waals surface area (Å²) in [5.74, 6) is 1.83. The second-order valence-electron chi connectivity index (χ2n) is 9.99. The first-order valence-electron chi connectivity index (χ1n) is 14.5. The Hall–Kier alpha value is -1.84. The van der Waals surface area contributed by atoms with E-state index in [2.05, 4.69) is 86.0 Å². The molecule has 35 heavy (non-hydrogen) atoms. The van der Waals surface area contributed by atoms with E-state index in [1.165, 1.54) is 88.7 Å². The summed E-state index contributed by atoms with van der Waals surface area (Å²) in [6, 6.07) is 17.4. The molecule has 0 spiro atoms. The van der Waals surface area contributed by atoms with Gasteiger partial charge in [-0.1, -0.05) is 77.6 Å². The highest BCUT2D eigenvalue weighted by atomic mass is 16.5. The molecule has 0 atom stereocenters. The molecule has 0 saturated carbocycles. The van der Waals surface area contributed by atoms with Crippen LogP contribution in [0.15, 0.2) is 48.5 Å². The monoisotopic (exact) mass is 480 g/mol. The van der Waals surface area contributed by atoms with Gasteiger partial charge in [-0.2, -0.15) is 0 Å². The van der Waals surface area contributed by atoms with Crippen LogP contribution < -0.4 is 4.74 Å². The normalized spacial score (nSPS) is 11.5. The van der Waals surface area contributed by atoms with Crippen molar-refractivity contribution >= 4 is 0 Å². The summed E-state index contributed by atoms with van der Waals surface area (Å²) < 4.78 is 6.13. The highest BCUT2D eigenvalue weighted by Crippen LogP contribution is 2.22. The zero-order chi connectivity index (χ0) is 25.1. The lowest BCUT2D eigenvalue weighted by molar-refractivity contribution is 0.268. The van der Waals surface area contributed by atoms with Gasteiger partial charge in [-0.05, 0) is 100 Å². The Labute approximate surface area is 216 Å². The second-order valence-corrected chi connectivity index (χ2v) is 9.99. The molecule has 196 valence electrons. The number of unbranched alkanes of at least 4 members (excludes halogenated alkanes) is 4. The molecule has 0 heterocycles. The maximum Gasteiger partial charge on any atom is 0.127 e. The van der Waals surface area contributed by atoms with Crippen molar-refractivity contribution < 1.29 is 4.74 Å². The fraction of sp³-hybridized carbons (Fsp3) is 0.625. The van der Waals surface area contributed by atoms with Crippen molar-refractivity contribution in [1.29, 1.82) is 0 Å². The van der Waals surface area contributed by atoms with E-state index in [1.807, 2.05) is 0 Å². The van der Waals surface area contributed by atoms with E-state index in [1.54, 1.807) is 0 Å². The molecule has 2 aromatic carbocycles. The van der Waals surface area contributed by atoms with Crippen molar-refractivity contribution in [2.75, 3.05) is 39.3 Å². The summed E-state index contributed by atoms with van der Waals surface area (Å²) in [4.78, 5) is 5.26. The minimum absolute atomic E-state index is 0.917. The van der Waals surface area contributed by atoms with Crippen LogP contribution in [0.2, 0.25) is 0 Å². The zero-order valence-electron chi connectivity index (χ0n) is 23.2. The standard InChI is InChI=1S/C32H52N2O/c1-5-9-23-33(24-10-6-2)27-21-29-13-17-31(18-14-29)35-32-19-15-30(16-20-32)22-28-34(25-11-7-3)26-12-8-4/h13-20H,5-12,21-28H2,1-4H3. The van der Waals surface area contributed by atoms with E-state index in [4.69, 9.17) is 4.74 Å². The topological polar surface area (TPSA) is 15.7 Å². The Morgan fingerprint density at radius 1 is 0.457 bits per heavy atom. The number of rotatable bonds is 20. The second kappa shape index (κ2) is 18.4. The number of hydrogen-bond donors (Lipinski definition) is 0. The van der Waals surface area contributed by atoms with Crippen LogP contribution in [0.5, 0.6) is 11.5 Å². The molecule has 0 saturated heterocycles. The van der Waals surface area contributed by atoms with Crippen LogP contribution in [0.1, 0.15) is 90.2 Å². The van der Waals surface area contributed by atoms with E-state index < -0.39 is 0 Å². The summed E-state index contributed by atoms with van der Waals surface area (Å²) in [6.45, 7) is 16.3. The van der Waals surface area contributed by atoms with Crippen molar-refractivity contribution in [3.8, 4) is 11.5 Å². The van der Waals surface area contributed by atoms with Gasteiger partial charge in [0.25, 0.3) is 0 Å². The Morgan fingerprint density at radius 3 is 1.06 bits per heavy atom. The van der Waals surface area contributed by atoms with Crippen molar-refractivity contribution in [2.24, 2.45) is 0 Å². The van der Waals surface area contributed by atoms with Gasteiger partial charge in [0.15, 0.2) is 0 Å². The third kappa shape index (κ3) is 12.6. The molecule has 3 nitrogen and oxygen atoms in total. The molecule has 0 unspecified atom stereocenters. The van der Waals surface area contributed by atoms with E-state index >= 15 is 0 Å². The molecular formula is C32H52N2O. The third-order valence-corrected chi connectivity index (χ3v) is 6.83. The van der Waals surface area contributed by atoms with Crippen LogP contribution in [0.4, 0.5) is 0 Å². The lowest BCUT2D eigenvalue weighted by Crippen LogP contribution is -2.28. The molecule has 0 aliphatic carbocycles. The van der Waals surface area contributed by atoms with Gasteiger partial charge in [-0.25, -0.2) is 0 Å². The fourth-order valence-electron chi connectivity index (χ4n) is 4.36. The predicted molar refractivity (Wildman–Crippen MR) is 153 cm³/mol. The van der Waals surface area contributed by atoms with Gasteiger partial charge in [0.05, 0.1) is 0 Å². The van der Waals surface area contributed by atoms with E-state index in [9.17, 15) is 0 Å². The van der Waals surface area contributed by atoms with Gasteiger partial charge in [-0.3, -0.25) is 0 Å². The minimum atomic E-state index is 0.917. The molecule has 0 N–H and O–H groups in total. The van der Waals surface area contributed by atoms with Crippen molar-refractivity contribution in [2.45, 2.75) is 91.9 Å². The van der Waals surface area contributed by atoms with E-state index in [0.717, 1.165) is 37.4 Å². The van der Waals surface area contributed by atoms with Crippen LogP contribution in [0, 0.1) is 0 Å². The summed E-state index contributed by atoms with van der Waals surface area (Å²) in [7, 11) is 0. The van der Waals surface area contributed by atoms with Gasteiger partial charge in [0.2, 0.25) is 0 Å². The highest BCUT2D eigenvalue weighted by Gasteiger charge is 2.07. The Bertz CT molecular complexity index is 675. The summed E-state index contributed by atoms with van der Waals surface area (Å²) >= 11 is 0. The largest absolute Gasteiger partial charge is 0.457 e. The Morgan fingerprint density at radius 2 is 0.771 bits per heavy atom. The first-order valence-corrected chi connectivity index (χ1v) is 14.5. The summed E-state index contributed by atoms with van der Waals surface area (Å²) in [5.41, 5.74) is 2.78. The molecule has 0 aliphatic heterocycles. The molecule has 0 aromatic heterocycles. The van der Waals surface area contributed by atoms with Gasteiger partial charge < -0.3 is 14.5 Å². The molecule has 0 fully saturated rings. The fourth-order valence-corrected chi connectivity index (χ4v) is 4.36. The van der Waals surface area contributed by atoms with Gasteiger partial charge >= 0.3 is 0 Å². The van der Waals surface area contributed by atoms with Crippen LogP contribution in [0.25, 0.3) is 0 Å². The molecule has 0 amide bonds. The molecule has 0 bridgehead atoms. The average Bonchev–Trinajstić information content (AvgIpc) is 2.89. The third-order valence-electron chi connectivity index (χ3n) is 6.83. The Kier molecular flexibility index (Phi) is 15.5. The van der Waals surface area contributed by atoms with Crippen molar-refractivity contribution in [3.63, 3.8) is 0 Å². The molecule has 0 aliphatic rings. The van der Waals surface area contributed by atoms with Gasteiger partial charge in [-0.15, -0.1) is 0 Å². The van der Waals surface area contributed by atoms with Crippen molar-refractivity contribution in [3.05, 3.63) is 59.7 Å². The van der Waals surface area contributed by atoms with Crippen LogP contribution >= 0.6 is 0 Å². The molecular weight excluding hydrogens is 428 g/mol. The van der Waals surface area contributed by atoms with Gasteiger partial charge in [0.1, 0.15) is 11.5 Å². The first-order chi connectivity index (χ1) is 17.2. The summed E-state index contributed by atoms with van der Waals surface area (Å²) in [6.07, 6.45) is 12.5. The van der Waals surface area contributed by atoms with Crippen LogP contribution in [-0.4, -0.2) is 49.1 Å². The van der Waals surface area contributed by atoms with E-state index in [-0.39, 0.29) is 0 Å². The predicted octanol–water partition coefficient (Wildman–Crippen LogP) is 8.37. The quantitative estimate of drug-likeness (QED) is 0.189. The smallest absolute Gasteiger partial charge is 0.127 e. The SMILES string of the molecule is CCCCN(CCCC)CCc1ccc(Oc2ccc(CCN(CCCC)CCCC)cc2)cc1. The Balaban J connectivity index is 1.81. The minimum Gasteiger partial charge on any atom is -0.457 e. The lowest BCUT2D eigenvalue weighted by Gasteiger charge is -2.22. The maximum atomic E-state index is 6.13. The highest BCUT2D eigenvalue weighted by molar-refractivity contribution is 5.34. The summed E-state index contributed by atoms with van der Waals surface area (Å²) in [5, 5.41) is 0. The number of ether oxygens (including phenoxy) is 1. The number of nitrogens with zero attached hydrogens (tertiary/aromatic N) is 2. The van der Waals surface area contributed by atoms with E-state index in [0.29, 0.717) is 0 Å². The van der Waals surface area contributed by atoms with Crippen LogP contribution in [-0.2, 0) is 12.8 Å².